The van der Waals surface area contributed by atoms with E-state index in [4.69, 9.17) is 10.5 Å². The van der Waals surface area contributed by atoms with Crippen LogP contribution in [0.5, 0.6) is 11.5 Å². The second kappa shape index (κ2) is 9.32. The average Bonchev–Trinajstić information content (AvgIpc) is 2.70. The number of hydrogen-bond donors (Lipinski definition) is 1. The fourth-order valence-electron chi connectivity index (χ4n) is 2.43. The maximum atomic E-state index is 12.4. The molecule has 28 heavy (non-hydrogen) atoms. The van der Waals surface area contributed by atoms with Crippen LogP contribution in [0.25, 0.3) is 0 Å². The Morgan fingerprint density at radius 3 is 2.43 bits per heavy atom. The van der Waals surface area contributed by atoms with Gasteiger partial charge < -0.3 is 15.2 Å². The molecule has 0 radical (unpaired) electrons. The Hall–Kier alpha value is -3.67. The summed E-state index contributed by atoms with van der Waals surface area (Å²) < 4.78 is 34.2. The monoisotopic (exact) mass is 388 g/mol. The highest BCUT2D eigenvalue weighted by Gasteiger charge is 2.18. The third kappa shape index (κ3) is 4.94. The quantitative estimate of drug-likeness (QED) is 0.446. The van der Waals surface area contributed by atoms with Crippen molar-refractivity contribution in [2.75, 3.05) is 14.2 Å². The van der Waals surface area contributed by atoms with Crippen LogP contribution in [0, 0.1) is 11.3 Å². The SMILES string of the molecule is COc1ccc(C(N=C(N)N(C)C=O)c2ccc(OC(F)F)cc2)cc1C#N. The number of methoxy groups -OCH3 is 1. The van der Waals surface area contributed by atoms with Gasteiger partial charge >= 0.3 is 6.61 Å². The molecule has 0 aliphatic carbocycles. The van der Waals surface area contributed by atoms with E-state index >= 15 is 0 Å². The topological polar surface area (TPSA) is 101 Å². The number of aliphatic imine (C=N–C) groups is 1. The summed E-state index contributed by atoms with van der Waals surface area (Å²) in [5.41, 5.74) is 7.34. The molecule has 2 aromatic carbocycles. The Labute approximate surface area is 160 Å². The highest BCUT2D eigenvalue weighted by Crippen LogP contribution is 2.31. The lowest BCUT2D eigenvalue weighted by Crippen LogP contribution is -2.33. The summed E-state index contributed by atoms with van der Waals surface area (Å²) in [6.45, 7) is -2.93. The number of benzene rings is 2. The van der Waals surface area contributed by atoms with Gasteiger partial charge in [0.1, 0.15) is 23.6 Å². The Bertz CT molecular complexity index is 895. The van der Waals surface area contributed by atoms with Gasteiger partial charge in [0.25, 0.3) is 0 Å². The van der Waals surface area contributed by atoms with Gasteiger partial charge in [0.2, 0.25) is 6.41 Å². The minimum atomic E-state index is -2.93. The number of nitriles is 1. The molecule has 2 rings (SSSR count). The second-order valence-electron chi connectivity index (χ2n) is 5.63. The summed E-state index contributed by atoms with van der Waals surface area (Å²) in [7, 11) is 2.89. The molecule has 0 aromatic heterocycles. The number of ether oxygens (including phenoxy) is 2. The Balaban J connectivity index is 2.52. The third-order valence-corrected chi connectivity index (χ3v) is 3.86. The van der Waals surface area contributed by atoms with Gasteiger partial charge in [-0.15, -0.1) is 0 Å². The molecule has 0 fully saturated rings. The van der Waals surface area contributed by atoms with E-state index in [0.717, 1.165) is 4.90 Å². The predicted molar refractivity (Wildman–Crippen MR) is 98.1 cm³/mol. The van der Waals surface area contributed by atoms with Crippen molar-refractivity contribution in [1.82, 2.24) is 4.90 Å². The van der Waals surface area contributed by atoms with Crippen molar-refractivity contribution < 1.29 is 23.0 Å². The lowest BCUT2D eigenvalue weighted by molar-refractivity contribution is -0.114. The maximum absolute atomic E-state index is 12.4. The van der Waals surface area contributed by atoms with Crippen molar-refractivity contribution in [2.24, 2.45) is 10.7 Å². The Morgan fingerprint density at radius 1 is 1.25 bits per heavy atom. The van der Waals surface area contributed by atoms with Crippen LogP contribution < -0.4 is 15.2 Å². The molecule has 7 nitrogen and oxygen atoms in total. The van der Waals surface area contributed by atoms with Crippen LogP contribution in [0.2, 0.25) is 0 Å². The molecule has 2 aromatic rings. The average molecular weight is 388 g/mol. The summed E-state index contributed by atoms with van der Waals surface area (Å²) in [6, 6.07) is 12.1. The van der Waals surface area contributed by atoms with Crippen molar-refractivity contribution in [3.05, 3.63) is 59.2 Å². The molecule has 2 N–H and O–H groups in total. The van der Waals surface area contributed by atoms with E-state index in [2.05, 4.69) is 9.73 Å². The van der Waals surface area contributed by atoms with Crippen molar-refractivity contribution in [3.8, 4) is 17.6 Å². The normalized spacial score (nSPS) is 12.2. The van der Waals surface area contributed by atoms with E-state index < -0.39 is 12.7 Å². The van der Waals surface area contributed by atoms with E-state index in [1.807, 2.05) is 6.07 Å². The molecule has 1 amide bonds. The highest BCUT2D eigenvalue weighted by molar-refractivity contribution is 5.87. The molecule has 0 spiro atoms. The number of alkyl halides is 2. The van der Waals surface area contributed by atoms with Gasteiger partial charge in [-0.05, 0) is 35.4 Å². The van der Waals surface area contributed by atoms with Crippen LogP contribution in [0.3, 0.4) is 0 Å². The molecule has 1 unspecified atom stereocenters. The number of guanidine groups is 1. The molecule has 9 heteroatoms. The van der Waals surface area contributed by atoms with Gasteiger partial charge in [-0.25, -0.2) is 4.99 Å². The fourth-order valence-corrected chi connectivity index (χ4v) is 2.43. The highest BCUT2D eigenvalue weighted by atomic mass is 19.3. The van der Waals surface area contributed by atoms with Gasteiger partial charge in [-0.2, -0.15) is 14.0 Å². The minimum Gasteiger partial charge on any atom is -0.495 e. The van der Waals surface area contributed by atoms with Crippen molar-refractivity contribution in [1.29, 1.82) is 5.26 Å². The zero-order valence-electron chi connectivity index (χ0n) is 15.2. The van der Waals surface area contributed by atoms with Crippen LogP contribution in [-0.4, -0.2) is 38.0 Å². The molecule has 1 atom stereocenters. The molecular formula is C19H18F2N4O3. The van der Waals surface area contributed by atoms with E-state index in [1.54, 1.807) is 30.3 Å². The first-order chi connectivity index (χ1) is 13.4. The van der Waals surface area contributed by atoms with Gasteiger partial charge in [0.15, 0.2) is 5.96 Å². The van der Waals surface area contributed by atoms with Gasteiger partial charge in [0, 0.05) is 7.05 Å². The number of hydrogen-bond acceptors (Lipinski definition) is 5. The summed E-state index contributed by atoms with van der Waals surface area (Å²) in [5, 5.41) is 9.32. The molecule has 0 aliphatic heterocycles. The first-order valence-electron chi connectivity index (χ1n) is 8.03. The fraction of sp³-hybridized carbons (Fsp3) is 0.211. The van der Waals surface area contributed by atoms with Crippen molar-refractivity contribution in [2.45, 2.75) is 12.7 Å². The van der Waals surface area contributed by atoms with Gasteiger partial charge in [0.05, 0.1) is 12.7 Å². The van der Waals surface area contributed by atoms with E-state index in [9.17, 15) is 18.8 Å². The summed E-state index contributed by atoms with van der Waals surface area (Å²) in [5.74, 6) is 0.335. The van der Waals surface area contributed by atoms with Crippen LogP contribution in [0.15, 0.2) is 47.5 Å². The van der Waals surface area contributed by atoms with Crippen LogP contribution in [-0.2, 0) is 4.79 Å². The number of rotatable bonds is 7. The van der Waals surface area contributed by atoms with Crippen LogP contribution in [0.4, 0.5) is 8.78 Å². The number of halogens is 2. The molecular weight excluding hydrogens is 370 g/mol. The smallest absolute Gasteiger partial charge is 0.387 e. The molecule has 0 saturated carbocycles. The zero-order valence-corrected chi connectivity index (χ0v) is 15.2. The number of nitrogens with two attached hydrogens (primary N) is 1. The lowest BCUT2D eigenvalue weighted by Gasteiger charge is -2.18. The van der Waals surface area contributed by atoms with Crippen molar-refractivity contribution in [3.63, 3.8) is 0 Å². The van der Waals surface area contributed by atoms with E-state index in [1.165, 1.54) is 26.3 Å². The Kier molecular flexibility index (Phi) is 6.87. The largest absolute Gasteiger partial charge is 0.495 e. The molecule has 0 heterocycles. The second-order valence-corrected chi connectivity index (χ2v) is 5.63. The number of carbonyl (C=O) groups is 1. The van der Waals surface area contributed by atoms with Crippen LogP contribution in [0.1, 0.15) is 22.7 Å². The summed E-state index contributed by atoms with van der Waals surface area (Å²) >= 11 is 0. The molecule has 0 bridgehead atoms. The lowest BCUT2D eigenvalue weighted by atomic mass is 9.97. The zero-order chi connectivity index (χ0) is 20.7. The van der Waals surface area contributed by atoms with Gasteiger partial charge in [-0.1, -0.05) is 18.2 Å². The third-order valence-electron chi connectivity index (χ3n) is 3.86. The predicted octanol–water partition coefficient (Wildman–Crippen LogP) is 2.66. The molecule has 146 valence electrons. The standard InChI is InChI=1S/C19H18F2N4O3/c1-25(11-26)19(23)24-17(12-3-6-15(7-4-12)28-18(20)21)13-5-8-16(27-2)14(9-13)10-22/h3-9,11,17-18H,1-2H3,(H2,23,24). The van der Waals surface area contributed by atoms with E-state index in [-0.39, 0.29) is 11.7 Å². The minimum absolute atomic E-state index is 0.00749. The molecule has 0 saturated heterocycles. The summed E-state index contributed by atoms with van der Waals surface area (Å²) in [4.78, 5) is 16.4. The van der Waals surface area contributed by atoms with E-state index in [0.29, 0.717) is 28.8 Å². The van der Waals surface area contributed by atoms with Crippen LogP contribution >= 0.6 is 0 Å². The number of nitrogens with zero attached hydrogens (tertiary/aromatic N) is 3. The summed E-state index contributed by atoms with van der Waals surface area (Å²) in [6.07, 6.45) is 0.504. The Morgan fingerprint density at radius 2 is 1.89 bits per heavy atom. The first kappa shape index (κ1) is 20.6. The number of carbonyl (C=O) groups excluding carboxylic acids is 1. The van der Waals surface area contributed by atoms with Crippen molar-refractivity contribution >= 4 is 12.4 Å². The first-order valence-corrected chi connectivity index (χ1v) is 8.03. The molecule has 0 aliphatic rings. The van der Waals surface area contributed by atoms with Gasteiger partial charge in [-0.3, -0.25) is 9.69 Å². The number of amides is 1. The maximum Gasteiger partial charge on any atom is 0.387 e.